The minimum Gasteiger partial charge on any atom is -0.480 e. The molecule has 0 fully saturated rings. The highest BCUT2D eigenvalue weighted by Gasteiger charge is 2.12. The van der Waals surface area contributed by atoms with Crippen LogP contribution in [0.15, 0.2) is 54.7 Å². The number of hydrogen-bond acceptors (Lipinski definition) is 4. The van der Waals surface area contributed by atoms with Crippen LogP contribution in [0.4, 0.5) is 0 Å². The van der Waals surface area contributed by atoms with E-state index in [1.807, 2.05) is 6.07 Å². The summed E-state index contributed by atoms with van der Waals surface area (Å²) in [5, 5.41) is 10.3. The second-order valence-corrected chi connectivity index (χ2v) is 5.80. The Labute approximate surface area is 143 Å². The van der Waals surface area contributed by atoms with E-state index < -0.39 is 12.0 Å². The topological polar surface area (TPSA) is 85.4 Å². The van der Waals surface area contributed by atoms with Crippen molar-refractivity contribution in [1.29, 1.82) is 0 Å². The molecule has 1 aromatic heterocycles. The highest BCUT2D eigenvalue weighted by Crippen LogP contribution is 2.30. The fourth-order valence-corrected chi connectivity index (χ4v) is 2.51. The fraction of sp³-hybridized carbons (Fsp3) is 0.111. The van der Waals surface area contributed by atoms with Gasteiger partial charge in [0.25, 0.3) is 0 Å². The second-order valence-electron chi connectivity index (χ2n) is 5.37. The SMILES string of the molecule is NC(Cc1ccc(Oc2ccnc3cc(Cl)ccc23)cc1)C(=O)O. The summed E-state index contributed by atoms with van der Waals surface area (Å²) in [6.07, 6.45) is 1.93. The third-order valence-corrected chi connectivity index (χ3v) is 3.82. The molecule has 0 amide bonds. The van der Waals surface area contributed by atoms with Gasteiger partial charge in [0.1, 0.15) is 17.5 Å². The van der Waals surface area contributed by atoms with Crippen molar-refractivity contribution in [3.8, 4) is 11.5 Å². The zero-order chi connectivity index (χ0) is 17.1. The van der Waals surface area contributed by atoms with Crippen LogP contribution in [-0.2, 0) is 11.2 Å². The number of benzene rings is 2. The molecular weight excluding hydrogens is 328 g/mol. The van der Waals surface area contributed by atoms with Crippen LogP contribution >= 0.6 is 11.6 Å². The number of halogens is 1. The molecule has 2 aromatic carbocycles. The lowest BCUT2D eigenvalue weighted by molar-refractivity contribution is -0.138. The van der Waals surface area contributed by atoms with Crippen molar-refractivity contribution in [2.75, 3.05) is 0 Å². The summed E-state index contributed by atoms with van der Waals surface area (Å²) in [5.74, 6) is 0.300. The van der Waals surface area contributed by atoms with Crippen LogP contribution in [0, 0.1) is 0 Å². The van der Waals surface area contributed by atoms with E-state index in [9.17, 15) is 4.79 Å². The van der Waals surface area contributed by atoms with Gasteiger partial charge in [-0.05, 0) is 48.4 Å². The predicted octanol–water partition coefficient (Wildman–Crippen LogP) is 3.63. The summed E-state index contributed by atoms with van der Waals surface area (Å²) < 4.78 is 5.91. The molecule has 6 heteroatoms. The molecule has 122 valence electrons. The molecule has 5 nitrogen and oxygen atoms in total. The second kappa shape index (κ2) is 6.86. The third-order valence-electron chi connectivity index (χ3n) is 3.59. The van der Waals surface area contributed by atoms with Crippen molar-refractivity contribution in [2.45, 2.75) is 12.5 Å². The molecular formula is C18H15ClN2O3. The molecule has 0 aliphatic rings. The van der Waals surface area contributed by atoms with E-state index in [0.29, 0.717) is 16.5 Å². The van der Waals surface area contributed by atoms with E-state index in [0.717, 1.165) is 16.5 Å². The fourth-order valence-electron chi connectivity index (χ4n) is 2.35. The number of fused-ring (bicyclic) bond motifs is 1. The Balaban J connectivity index is 1.80. The van der Waals surface area contributed by atoms with Gasteiger partial charge in [0.2, 0.25) is 0 Å². The van der Waals surface area contributed by atoms with E-state index in [4.69, 9.17) is 27.2 Å². The Hall–Kier alpha value is -2.63. The molecule has 1 heterocycles. The molecule has 3 N–H and O–H groups in total. The molecule has 0 saturated heterocycles. The maximum absolute atomic E-state index is 10.8. The van der Waals surface area contributed by atoms with Crippen LogP contribution in [0.3, 0.4) is 0 Å². The maximum Gasteiger partial charge on any atom is 0.320 e. The van der Waals surface area contributed by atoms with E-state index in [1.54, 1.807) is 48.7 Å². The van der Waals surface area contributed by atoms with Crippen LogP contribution in [0.5, 0.6) is 11.5 Å². The lowest BCUT2D eigenvalue weighted by Gasteiger charge is -2.10. The van der Waals surface area contributed by atoms with Crippen LogP contribution in [0.25, 0.3) is 10.9 Å². The molecule has 3 aromatic rings. The quantitative estimate of drug-likeness (QED) is 0.739. The number of carboxylic acid groups (broad SMARTS) is 1. The highest BCUT2D eigenvalue weighted by molar-refractivity contribution is 6.31. The number of aliphatic carboxylic acids is 1. The van der Waals surface area contributed by atoms with Crippen molar-refractivity contribution in [1.82, 2.24) is 4.98 Å². The van der Waals surface area contributed by atoms with Crippen LogP contribution in [-0.4, -0.2) is 22.1 Å². The van der Waals surface area contributed by atoms with E-state index >= 15 is 0 Å². The largest absolute Gasteiger partial charge is 0.480 e. The molecule has 0 saturated carbocycles. The number of rotatable bonds is 5. The van der Waals surface area contributed by atoms with Gasteiger partial charge in [0, 0.05) is 16.6 Å². The summed E-state index contributed by atoms with van der Waals surface area (Å²) in [4.78, 5) is 15.1. The minimum absolute atomic E-state index is 0.270. The summed E-state index contributed by atoms with van der Waals surface area (Å²) in [6.45, 7) is 0. The number of nitrogens with two attached hydrogens (primary N) is 1. The Kier molecular flexibility index (Phi) is 4.64. The minimum atomic E-state index is -1.02. The number of carboxylic acids is 1. The van der Waals surface area contributed by atoms with Gasteiger partial charge in [-0.25, -0.2) is 0 Å². The molecule has 0 aliphatic heterocycles. The van der Waals surface area contributed by atoms with Gasteiger partial charge in [0.15, 0.2) is 0 Å². The van der Waals surface area contributed by atoms with Crippen LogP contribution in [0.2, 0.25) is 5.02 Å². The van der Waals surface area contributed by atoms with Crippen molar-refractivity contribution in [2.24, 2.45) is 5.73 Å². The summed E-state index contributed by atoms with van der Waals surface area (Å²) in [5.41, 5.74) is 7.13. The monoisotopic (exact) mass is 342 g/mol. The number of ether oxygens (including phenoxy) is 1. The number of carbonyl (C=O) groups is 1. The number of pyridine rings is 1. The molecule has 0 aliphatic carbocycles. The first-order valence-electron chi connectivity index (χ1n) is 7.32. The molecule has 0 spiro atoms. The standard InChI is InChI=1S/C18H15ClN2O3/c19-12-3-6-14-16(10-12)21-8-7-17(14)24-13-4-1-11(2-5-13)9-15(20)18(22)23/h1-8,10,15H,9,20H2,(H,22,23). The average molecular weight is 343 g/mol. The van der Waals surface area contributed by atoms with Crippen molar-refractivity contribution in [3.63, 3.8) is 0 Å². The molecule has 3 rings (SSSR count). The third kappa shape index (κ3) is 3.64. The summed E-state index contributed by atoms with van der Waals surface area (Å²) in [6, 6.07) is 13.5. The van der Waals surface area contributed by atoms with Gasteiger partial charge in [0.05, 0.1) is 5.52 Å². The van der Waals surface area contributed by atoms with Crippen molar-refractivity contribution >= 4 is 28.5 Å². The van der Waals surface area contributed by atoms with E-state index in [1.165, 1.54) is 0 Å². The van der Waals surface area contributed by atoms with Crippen molar-refractivity contribution < 1.29 is 14.6 Å². The molecule has 0 radical (unpaired) electrons. The summed E-state index contributed by atoms with van der Waals surface area (Å²) in [7, 11) is 0. The highest BCUT2D eigenvalue weighted by atomic mass is 35.5. The number of hydrogen-bond donors (Lipinski definition) is 2. The lowest BCUT2D eigenvalue weighted by Crippen LogP contribution is -2.32. The normalized spacial score (nSPS) is 12.1. The smallest absolute Gasteiger partial charge is 0.320 e. The van der Waals surface area contributed by atoms with E-state index in [2.05, 4.69) is 4.98 Å². The zero-order valence-corrected chi connectivity index (χ0v) is 13.4. The van der Waals surface area contributed by atoms with Gasteiger partial charge in [-0.1, -0.05) is 23.7 Å². The average Bonchev–Trinajstić information content (AvgIpc) is 2.56. The first-order chi connectivity index (χ1) is 11.5. The van der Waals surface area contributed by atoms with Gasteiger partial charge in [-0.3, -0.25) is 9.78 Å². The number of nitrogens with zero attached hydrogens (tertiary/aromatic N) is 1. The van der Waals surface area contributed by atoms with Crippen LogP contribution in [0.1, 0.15) is 5.56 Å². The Morgan fingerprint density at radius 2 is 1.96 bits per heavy atom. The molecule has 24 heavy (non-hydrogen) atoms. The van der Waals surface area contributed by atoms with Gasteiger partial charge in [-0.15, -0.1) is 0 Å². The van der Waals surface area contributed by atoms with Crippen molar-refractivity contribution in [3.05, 3.63) is 65.3 Å². The Bertz CT molecular complexity index is 881. The lowest BCUT2D eigenvalue weighted by atomic mass is 10.1. The molecule has 1 atom stereocenters. The molecule has 0 bridgehead atoms. The van der Waals surface area contributed by atoms with Gasteiger partial charge >= 0.3 is 5.97 Å². The Morgan fingerprint density at radius 1 is 1.21 bits per heavy atom. The first kappa shape index (κ1) is 16.2. The summed E-state index contributed by atoms with van der Waals surface area (Å²) >= 11 is 5.98. The Morgan fingerprint density at radius 3 is 2.67 bits per heavy atom. The number of aromatic nitrogens is 1. The van der Waals surface area contributed by atoms with Gasteiger partial charge < -0.3 is 15.6 Å². The first-order valence-corrected chi connectivity index (χ1v) is 7.70. The van der Waals surface area contributed by atoms with Gasteiger partial charge in [-0.2, -0.15) is 0 Å². The zero-order valence-electron chi connectivity index (χ0n) is 12.6. The molecule has 1 unspecified atom stereocenters. The maximum atomic E-state index is 10.8. The van der Waals surface area contributed by atoms with E-state index in [-0.39, 0.29) is 6.42 Å². The predicted molar refractivity (Wildman–Crippen MR) is 92.6 cm³/mol. The van der Waals surface area contributed by atoms with Crippen LogP contribution < -0.4 is 10.5 Å².